The predicted octanol–water partition coefficient (Wildman–Crippen LogP) is 5.57. The molecule has 0 saturated heterocycles. The largest absolute Gasteiger partial charge is 0.514 e. The molecule has 216 valence electrons. The van der Waals surface area contributed by atoms with Crippen molar-refractivity contribution in [2.75, 3.05) is 5.32 Å². The van der Waals surface area contributed by atoms with Gasteiger partial charge in [-0.25, -0.2) is 4.79 Å². The van der Waals surface area contributed by atoms with Crippen LogP contribution in [0.2, 0.25) is 0 Å². The number of nitrogens with zero attached hydrogens (tertiary/aromatic N) is 1. The monoisotopic (exact) mass is 555 g/mol. The van der Waals surface area contributed by atoms with Crippen molar-refractivity contribution in [1.29, 1.82) is 0 Å². The minimum absolute atomic E-state index is 0.0495. The number of Topliss-reactive ketones (excluding diaryl/α,β-unsaturated/α-hetero) is 1. The second-order valence-corrected chi connectivity index (χ2v) is 9.86. The molecule has 0 aliphatic carbocycles. The number of nitro groups is 1. The molecule has 2 N–H and O–H groups in total. The van der Waals surface area contributed by atoms with Gasteiger partial charge in [0.25, 0.3) is 5.69 Å². The van der Waals surface area contributed by atoms with E-state index in [1.54, 1.807) is 31.2 Å². The van der Waals surface area contributed by atoms with Gasteiger partial charge in [0.15, 0.2) is 0 Å². The first kappa shape index (κ1) is 31.9. The van der Waals surface area contributed by atoms with E-state index in [1.807, 2.05) is 13.8 Å². The van der Waals surface area contributed by atoms with Crippen LogP contribution < -0.4 is 15.4 Å². The van der Waals surface area contributed by atoms with Gasteiger partial charge in [-0.2, -0.15) is 0 Å². The molecular weight excluding hydrogens is 518 g/mol. The van der Waals surface area contributed by atoms with E-state index in [9.17, 15) is 29.3 Å². The van der Waals surface area contributed by atoms with Crippen LogP contribution in [0.15, 0.2) is 48.5 Å². The summed E-state index contributed by atoms with van der Waals surface area (Å²) in [5.41, 5.74) is 0.979. The zero-order chi connectivity index (χ0) is 29.7. The summed E-state index contributed by atoms with van der Waals surface area (Å²) < 4.78 is 10.0. The highest BCUT2D eigenvalue weighted by atomic mass is 16.7. The highest BCUT2D eigenvalue weighted by Crippen LogP contribution is 2.20. The van der Waals surface area contributed by atoms with Gasteiger partial charge in [-0.1, -0.05) is 45.7 Å². The van der Waals surface area contributed by atoms with Gasteiger partial charge in [0.05, 0.1) is 4.92 Å². The number of unbranched alkanes of at least 4 members (excludes halogenated alkanes) is 2. The standard InChI is InChI=1S/C29H37N3O8/c1-5-6-7-8-24(33)17-26(19(2)3)28(35)30-20(4)27(34)31-22-11-9-21(10-12-22)18-39-29(36)40-25-15-13-23(14-16-25)32(37)38/h9-16,19-20,26H,5-8,17-18H2,1-4H3,(H,30,35)(H,31,34)/t20-,26-/m0/s1. The highest BCUT2D eigenvalue weighted by Gasteiger charge is 2.27. The lowest BCUT2D eigenvalue weighted by Gasteiger charge is -2.22. The Hall–Kier alpha value is -4.28. The number of hydrogen-bond acceptors (Lipinski definition) is 8. The van der Waals surface area contributed by atoms with Crippen LogP contribution in [0.25, 0.3) is 0 Å². The highest BCUT2D eigenvalue weighted by molar-refractivity contribution is 5.97. The molecule has 0 aromatic heterocycles. The van der Waals surface area contributed by atoms with E-state index in [0.29, 0.717) is 17.7 Å². The van der Waals surface area contributed by atoms with Crippen LogP contribution in [0, 0.1) is 22.0 Å². The Balaban J connectivity index is 1.82. The van der Waals surface area contributed by atoms with E-state index in [2.05, 4.69) is 17.6 Å². The van der Waals surface area contributed by atoms with Crippen LogP contribution >= 0.6 is 0 Å². The summed E-state index contributed by atoms with van der Waals surface area (Å²) in [6.07, 6.45) is 2.46. The van der Waals surface area contributed by atoms with Gasteiger partial charge in [0.1, 0.15) is 24.2 Å². The lowest BCUT2D eigenvalue weighted by Crippen LogP contribution is -2.45. The number of ether oxygens (including phenoxy) is 2. The van der Waals surface area contributed by atoms with Crippen molar-refractivity contribution in [1.82, 2.24) is 5.32 Å². The van der Waals surface area contributed by atoms with Crippen LogP contribution in [-0.2, 0) is 25.7 Å². The number of carbonyl (C=O) groups excluding carboxylic acids is 4. The number of hydrogen-bond donors (Lipinski definition) is 2. The van der Waals surface area contributed by atoms with Gasteiger partial charge in [0.2, 0.25) is 11.8 Å². The van der Waals surface area contributed by atoms with Crippen molar-refractivity contribution in [2.24, 2.45) is 11.8 Å². The maximum atomic E-state index is 12.8. The van der Waals surface area contributed by atoms with E-state index in [4.69, 9.17) is 9.47 Å². The zero-order valence-electron chi connectivity index (χ0n) is 23.3. The Morgan fingerprint density at radius 2 is 1.57 bits per heavy atom. The van der Waals surface area contributed by atoms with Crippen LogP contribution in [0.4, 0.5) is 16.2 Å². The number of non-ortho nitro benzene ring substituents is 1. The number of benzene rings is 2. The second kappa shape index (κ2) is 16.0. The van der Waals surface area contributed by atoms with E-state index >= 15 is 0 Å². The summed E-state index contributed by atoms with van der Waals surface area (Å²) in [6, 6.07) is 10.7. The molecule has 0 bridgehead atoms. The van der Waals surface area contributed by atoms with Crippen molar-refractivity contribution < 1.29 is 33.6 Å². The number of nitrogens with one attached hydrogen (secondary N) is 2. The third kappa shape index (κ3) is 10.8. The van der Waals surface area contributed by atoms with E-state index in [0.717, 1.165) is 19.3 Å². The molecule has 11 nitrogen and oxygen atoms in total. The van der Waals surface area contributed by atoms with E-state index in [-0.39, 0.29) is 42.1 Å². The maximum absolute atomic E-state index is 12.8. The Morgan fingerprint density at radius 3 is 2.15 bits per heavy atom. The summed E-state index contributed by atoms with van der Waals surface area (Å²) in [5, 5.41) is 16.1. The minimum atomic E-state index is -0.974. The first-order valence-electron chi connectivity index (χ1n) is 13.3. The number of ketones is 1. The maximum Gasteiger partial charge on any atom is 0.514 e. The minimum Gasteiger partial charge on any atom is -0.429 e. The number of nitro benzene ring substituents is 1. The molecule has 0 spiro atoms. The second-order valence-electron chi connectivity index (χ2n) is 9.86. The van der Waals surface area contributed by atoms with Crippen molar-refractivity contribution in [2.45, 2.75) is 72.4 Å². The summed E-state index contributed by atoms with van der Waals surface area (Å²) >= 11 is 0. The lowest BCUT2D eigenvalue weighted by molar-refractivity contribution is -0.384. The quantitative estimate of drug-likeness (QED) is 0.0951. The number of anilines is 1. The molecular formula is C29H37N3O8. The SMILES string of the molecule is CCCCCC(=O)C[C@H](C(=O)N[C@@H](C)C(=O)Nc1ccc(COC(=O)Oc2ccc([N+](=O)[O-])cc2)cc1)C(C)C. The predicted molar refractivity (Wildman–Crippen MR) is 149 cm³/mol. The average Bonchev–Trinajstić information content (AvgIpc) is 2.91. The Morgan fingerprint density at radius 1 is 0.925 bits per heavy atom. The molecule has 40 heavy (non-hydrogen) atoms. The molecule has 0 fully saturated rings. The molecule has 2 rings (SSSR count). The fraction of sp³-hybridized carbons (Fsp3) is 0.448. The van der Waals surface area contributed by atoms with E-state index < -0.39 is 28.9 Å². The average molecular weight is 556 g/mol. The zero-order valence-corrected chi connectivity index (χ0v) is 23.3. The molecule has 0 saturated carbocycles. The van der Waals surface area contributed by atoms with Gasteiger partial charge in [-0.05, 0) is 49.1 Å². The topological polar surface area (TPSA) is 154 Å². The molecule has 11 heteroatoms. The molecule has 0 aliphatic heterocycles. The number of amides is 2. The summed E-state index contributed by atoms with van der Waals surface area (Å²) in [7, 11) is 0. The summed E-state index contributed by atoms with van der Waals surface area (Å²) in [4.78, 5) is 59.8. The molecule has 0 radical (unpaired) electrons. The Kier molecular flexibility index (Phi) is 12.7. The fourth-order valence-corrected chi connectivity index (χ4v) is 3.78. The summed E-state index contributed by atoms with van der Waals surface area (Å²) in [5.74, 6) is -1.13. The molecule has 2 amide bonds. The Bertz CT molecular complexity index is 1160. The van der Waals surface area contributed by atoms with Crippen LogP contribution in [0.1, 0.15) is 65.4 Å². The summed E-state index contributed by atoms with van der Waals surface area (Å²) in [6.45, 7) is 7.31. The van der Waals surface area contributed by atoms with Gasteiger partial charge in [-0.3, -0.25) is 24.5 Å². The molecule has 0 unspecified atom stereocenters. The van der Waals surface area contributed by atoms with Crippen LogP contribution in [0.3, 0.4) is 0 Å². The van der Waals surface area contributed by atoms with Crippen molar-refractivity contribution in [3.05, 3.63) is 64.2 Å². The number of carbonyl (C=O) groups is 4. The van der Waals surface area contributed by atoms with Crippen molar-refractivity contribution in [3.63, 3.8) is 0 Å². The van der Waals surface area contributed by atoms with E-state index in [1.165, 1.54) is 24.3 Å². The molecule has 2 atom stereocenters. The first-order valence-corrected chi connectivity index (χ1v) is 13.3. The molecule has 0 aliphatic rings. The van der Waals surface area contributed by atoms with Crippen LogP contribution in [0.5, 0.6) is 5.75 Å². The molecule has 2 aromatic carbocycles. The van der Waals surface area contributed by atoms with Crippen LogP contribution in [-0.4, -0.2) is 34.7 Å². The van der Waals surface area contributed by atoms with Crippen molar-refractivity contribution in [3.8, 4) is 5.75 Å². The molecule has 0 heterocycles. The van der Waals surface area contributed by atoms with Gasteiger partial charge < -0.3 is 20.1 Å². The Labute approximate surface area is 233 Å². The van der Waals surface area contributed by atoms with Gasteiger partial charge in [-0.15, -0.1) is 0 Å². The third-order valence-electron chi connectivity index (χ3n) is 6.23. The fourth-order valence-electron chi connectivity index (χ4n) is 3.78. The lowest BCUT2D eigenvalue weighted by atomic mass is 9.88. The normalized spacial score (nSPS) is 12.2. The third-order valence-corrected chi connectivity index (χ3v) is 6.23. The number of rotatable bonds is 15. The van der Waals surface area contributed by atoms with Gasteiger partial charge in [0, 0.05) is 36.6 Å². The van der Waals surface area contributed by atoms with Gasteiger partial charge >= 0.3 is 6.16 Å². The first-order chi connectivity index (χ1) is 19.0. The van der Waals surface area contributed by atoms with Crippen molar-refractivity contribution >= 4 is 35.1 Å². The molecule has 2 aromatic rings. The smallest absolute Gasteiger partial charge is 0.429 e.